The average Bonchev–Trinajstić information content (AvgIpc) is 2.15. The lowest BCUT2D eigenvalue weighted by Crippen LogP contribution is -2.09. The van der Waals surface area contributed by atoms with Gasteiger partial charge in [-0.2, -0.15) is 0 Å². The van der Waals surface area contributed by atoms with E-state index < -0.39 is 17.8 Å². The van der Waals surface area contributed by atoms with Crippen LogP contribution in [0.4, 0.5) is 13.2 Å². The first-order chi connectivity index (χ1) is 6.56. The van der Waals surface area contributed by atoms with Crippen LogP contribution in [0.1, 0.15) is 30.4 Å². The Kier molecular flexibility index (Phi) is 3.52. The zero-order chi connectivity index (χ0) is 10.7. The van der Waals surface area contributed by atoms with Gasteiger partial charge in [-0.25, -0.2) is 13.2 Å². The standard InChI is InChI=1S/C10H12F3N/c1-6(5-14)7-2-3-8(10(12)13)9(11)4-7/h2-4,6,10H,5,14H2,1H3. The molecule has 0 saturated carbocycles. The molecule has 0 aliphatic carbocycles. The molecule has 0 bridgehead atoms. The molecular weight excluding hydrogens is 191 g/mol. The monoisotopic (exact) mass is 203 g/mol. The zero-order valence-corrected chi connectivity index (χ0v) is 7.81. The number of nitrogens with two attached hydrogens (primary N) is 1. The Morgan fingerprint density at radius 2 is 2.00 bits per heavy atom. The van der Waals surface area contributed by atoms with Gasteiger partial charge in [0.2, 0.25) is 0 Å². The summed E-state index contributed by atoms with van der Waals surface area (Å²) in [4.78, 5) is 0. The van der Waals surface area contributed by atoms with E-state index in [0.29, 0.717) is 12.1 Å². The second-order valence-corrected chi connectivity index (χ2v) is 3.22. The summed E-state index contributed by atoms with van der Waals surface area (Å²) in [5, 5.41) is 0. The summed E-state index contributed by atoms with van der Waals surface area (Å²) in [6, 6.07) is 3.72. The van der Waals surface area contributed by atoms with Gasteiger partial charge >= 0.3 is 0 Å². The molecule has 1 aromatic carbocycles. The Hall–Kier alpha value is -1.03. The van der Waals surface area contributed by atoms with E-state index in [-0.39, 0.29) is 5.92 Å². The van der Waals surface area contributed by atoms with Crippen LogP contribution in [0.2, 0.25) is 0 Å². The van der Waals surface area contributed by atoms with Crippen molar-refractivity contribution < 1.29 is 13.2 Å². The molecule has 0 aromatic heterocycles. The van der Waals surface area contributed by atoms with Crippen LogP contribution in [-0.4, -0.2) is 6.54 Å². The topological polar surface area (TPSA) is 26.0 Å². The van der Waals surface area contributed by atoms with Gasteiger partial charge in [0, 0.05) is 0 Å². The second kappa shape index (κ2) is 4.46. The summed E-state index contributed by atoms with van der Waals surface area (Å²) >= 11 is 0. The van der Waals surface area contributed by atoms with E-state index in [1.54, 1.807) is 0 Å². The molecule has 0 amide bonds. The lowest BCUT2D eigenvalue weighted by molar-refractivity contribution is 0.146. The van der Waals surface area contributed by atoms with Crippen LogP contribution in [0.15, 0.2) is 18.2 Å². The van der Waals surface area contributed by atoms with Crippen molar-refractivity contribution in [2.75, 3.05) is 6.54 Å². The van der Waals surface area contributed by atoms with Crippen molar-refractivity contribution in [3.05, 3.63) is 35.1 Å². The molecular formula is C10H12F3N. The molecule has 14 heavy (non-hydrogen) atoms. The van der Waals surface area contributed by atoms with E-state index in [4.69, 9.17) is 5.73 Å². The quantitative estimate of drug-likeness (QED) is 0.803. The fraction of sp³-hybridized carbons (Fsp3) is 0.400. The van der Waals surface area contributed by atoms with E-state index in [9.17, 15) is 13.2 Å². The minimum Gasteiger partial charge on any atom is -0.330 e. The molecule has 78 valence electrons. The van der Waals surface area contributed by atoms with Crippen LogP contribution >= 0.6 is 0 Å². The van der Waals surface area contributed by atoms with Crippen LogP contribution < -0.4 is 5.73 Å². The van der Waals surface area contributed by atoms with Crippen LogP contribution in [0.3, 0.4) is 0 Å². The summed E-state index contributed by atoms with van der Waals surface area (Å²) in [7, 11) is 0. The lowest BCUT2D eigenvalue weighted by Gasteiger charge is -2.10. The lowest BCUT2D eigenvalue weighted by atomic mass is 10.00. The van der Waals surface area contributed by atoms with Crippen LogP contribution in [0, 0.1) is 5.82 Å². The molecule has 0 spiro atoms. The molecule has 1 nitrogen and oxygen atoms in total. The third kappa shape index (κ3) is 2.26. The van der Waals surface area contributed by atoms with Gasteiger partial charge in [-0.15, -0.1) is 0 Å². The molecule has 0 heterocycles. The summed E-state index contributed by atoms with van der Waals surface area (Å²) in [5.74, 6) is -0.881. The van der Waals surface area contributed by atoms with Gasteiger partial charge in [-0.1, -0.05) is 19.1 Å². The van der Waals surface area contributed by atoms with Gasteiger partial charge < -0.3 is 5.73 Å². The van der Waals surface area contributed by atoms with E-state index >= 15 is 0 Å². The molecule has 1 rings (SSSR count). The largest absolute Gasteiger partial charge is 0.330 e. The molecule has 4 heteroatoms. The highest BCUT2D eigenvalue weighted by Crippen LogP contribution is 2.24. The first-order valence-electron chi connectivity index (χ1n) is 4.33. The summed E-state index contributed by atoms with van der Waals surface area (Å²) in [6.45, 7) is 2.18. The second-order valence-electron chi connectivity index (χ2n) is 3.22. The molecule has 1 atom stereocenters. The van der Waals surface area contributed by atoms with Crippen molar-refractivity contribution in [1.29, 1.82) is 0 Å². The van der Waals surface area contributed by atoms with Crippen LogP contribution in [0.25, 0.3) is 0 Å². The van der Waals surface area contributed by atoms with Gasteiger partial charge in [-0.05, 0) is 24.1 Å². The minimum atomic E-state index is -2.77. The van der Waals surface area contributed by atoms with Crippen LogP contribution in [-0.2, 0) is 0 Å². The van der Waals surface area contributed by atoms with E-state index in [0.717, 1.165) is 12.1 Å². The third-order valence-corrected chi connectivity index (χ3v) is 2.18. The van der Waals surface area contributed by atoms with E-state index in [2.05, 4.69) is 0 Å². The number of alkyl halides is 2. The maximum Gasteiger partial charge on any atom is 0.266 e. The van der Waals surface area contributed by atoms with Crippen molar-refractivity contribution in [3.63, 3.8) is 0 Å². The maximum atomic E-state index is 13.1. The number of rotatable bonds is 3. The van der Waals surface area contributed by atoms with Gasteiger partial charge in [-0.3, -0.25) is 0 Å². The predicted octanol–water partition coefficient (Wildman–Crippen LogP) is 2.83. The van der Waals surface area contributed by atoms with Crippen molar-refractivity contribution in [3.8, 4) is 0 Å². The Morgan fingerprint density at radius 1 is 1.36 bits per heavy atom. The molecule has 0 radical (unpaired) electrons. The van der Waals surface area contributed by atoms with Crippen LogP contribution in [0.5, 0.6) is 0 Å². The fourth-order valence-corrected chi connectivity index (χ4v) is 1.16. The van der Waals surface area contributed by atoms with Crippen molar-refractivity contribution >= 4 is 0 Å². The number of benzene rings is 1. The summed E-state index contributed by atoms with van der Waals surface area (Å²) in [6.07, 6.45) is -2.77. The molecule has 0 fully saturated rings. The molecule has 0 aliphatic rings. The highest BCUT2D eigenvalue weighted by Gasteiger charge is 2.14. The van der Waals surface area contributed by atoms with Gasteiger partial charge in [0.25, 0.3) is 6.43 Å². The zero-order valence-electron chi connectivity index (χ0n) is 7.81. The first kappa shape index (κ1) is 11.0. The highest BCUT2D eigenvalue weighted by molar-refractivity contribution is 5.27. The fourth-order valence-electron chi connectivity index (χ4n) is 1.16. The van der Waals surface area contributed by atoms with E-state index in [1.165, 1.54) is 6.07 Å². The third-order valence-electron chi connectivity index (χ3n) is 2.18. The summed E-state index contributed by atoms with van der Waals surface area (Å²) < 4.78 is 37.4. The average molecular weight is 203 g/mol. The maximum absolute atomic E-state index is 13.1. The first-order valence-corrected chi connectivity index (χ1v) is 4.33. The number of halogens is 3. The van der Waals surface area contributed by atoms with Crippen molar-refractivity contribution in [2.45, 2.75) is 19.3 Å². The molecule has 0 saturated heterocycles. The molecule has 0 aliphatic heterocycles. The smallest absolute Gasteiger partial charge is 0.266 e. The number of hydrogen-bond acceptors (Lipinski definition) is 1. The van der Waals surface area contributed by atoms with Gasteiger partial charge in [0.15, 0.2) is 0 Å². The molecule has 1 unspecified atom stereocenters. The minimum absolute atomic E-state index is 0.0174. The van der Waals surface area contributed by atoms with Gasteiger partial charge in [0.05, 0.1) is 5.56 Å². The Balaban J connectivity index is 3.00. The Morgan fingerprint density at radius 3 is 2.43 bits per heavy atom. The summed E-state index contributed by atoms with van der Waals surface area (Å²) in [5.41, 5.74) is 5.47. The predicted molar refractivity (Wildman–Crippen MR) is 48.8 cm³/mol. The Bertz CT molecular complexity index is 312. The molecule has 2 N–H and O–H groups in total. The SMILES string of the molecule is CC(CN)c1ccc(C(F)F)c(F)c1. The van der Waals surface area contributed by atoms with E-state index in [1.807, 2.05) is 6.92 Å². The highest BCUT2D eigenvalue weighted by atomic mass is 19.3. The number of hydrogen-bond donors (Lipinski definition) is 1. The normalized spacial score (nSPS) is 13.3. The molecule has 1 aromatic rings. The van der Waals surface area contributed by atoms with Crippen molar-refractivity contribution in [1.82, 2.24) is 0 Å². The van der Waals surface area contributed by atoms with Crippen molar-refractivity contribution in [2.24, 2.45) is 5.73 Å². The Labute approximate surface area is 80.7 Å². The van der Waals surface area contributed by atoms with Gasteiger partial charge in [0.1, 0.15) is 5.82 Å².